The van der Waals surface area contributed by atoms with E-state index in [-0.39, 0.29) is 16.5 Å². The maximum absolute atomic E-state index is 12.9. The molecule has 2 aromatic heterocycles. The van der Waals surface area contributed by atoms with E-state index in [0.717, 1.165) is 12.1 Å². The number of anilines is 1. The molecule has 0 bridgehead atoms. The summed E-state index contributed by atoms with van der Waals surface area (Å²) in [7, 11) is 1.62. The first-order valence-corrected chi connectivity index (χ1v) is 6.47. The minimum absolute atomic E-state index is 0.0278. The maximum Gasteiger partial charge on any atom is 0.416 e. The zero-order valence-corrected chi connectivity index (χ0v) is 11.9. The molecular weight excluding hydrogens is 319 g/mol. The Morgan fingerprint density at radius 1 is 1.23 bits per heavy atom. The molecular formula is C13H9ClF3N5. The topological polar surface area (TPSA) is 69.6 Å². The molecule has 5 nitrogen and oxygen atoms in total. The molecule has 0 aliphatic heterocycles. The van der Waals surface area contributed by atoms with Crippen molar-refractivity contribution in [2.45, 2.75) is 6.18 Å². The first-order valence-electron chi connectivity index (χ1n) is 6.09. The highest BCUT2D eigenvalue weighted by atomic mass is 35.5. The van der Waals surface area contributed by atoms with Crippen LogP contribution in [0.1, 0.15) is 5.56 Å². The lowest BCUT2D eigenvalue weighted by Crippen LogP contribution is -2.05. The van der Waals surface area contributed by atoms with E-state index in [4.69, 9.17) is 17.3 Å². The summed E-state index contributed by atoms with van der Waals surface area (Å²) >= 11 is 5.80. The Hall–Kier alpha value is -2.35. The van der Waals surface area contributed by atoms with Crippen molar-refractivity contribution in [2.75, 3.05) is 5.73 Å². The second-order valence-corrected chi connectivity index (χ2v) is 5.10. The quantitative estimate of drug-likeness (QED) is 0.744. The number of fused-ring (bicyclic) bond motifs is 1. The number of alkyl halides is 3. The van der Waals surface area contributed by atoms with E-state index in [1.165, 1.54) is 16.9 Å². The van der Waals surface area contributed by atoms with Crippen LogP contribution in [-0.4, -0.2) is 19.7 Å². The molecule has 0 aliphatic rings. The molecule has 114 valence electrons. The number of aryl methyl sites for hydroxylation is 1. The van der Waals surface area contributed by atoms with E-state index >= 15 is 0 Å². The Balaban J connectivity index is 2.26. The van der Waals surface area contributed by atoms with Crippen LogP contribution in [0.2, 0.25) is 5.02 Å². The molecule has 0 spiro atoms. The van der Waals surface area contributed by atoms with E-state index in [0.29, 0.717) is 16.7 Å². The smallest absolute Gasteiger partial charge is 0.368 e. The monoisotopic (exact) mass is 327 g/mol. The van der Waals surface area contributed by atoms with Gasteiger partial charge in [0.15, 0.2) is 5.65 Å². The molecule has 1 aromatic carbocycles. The number of hydrogen-bond donors (Lipinski definition) is 1. The molecule has 0 unspecified atom stereocenters. The fourth-order valence-electron chi connectivity index (χ4n) is 2.15. The van der Waals surface area contributed by atoms with Gasteiger partial charge >= 0.3 is 6.18 Å². The first-order chi connectivity index (χ1) is 10.3. The molecule has 0 aliphatic carbocycles. The van der Waals surface area contributed by atoms with Crippen molar-refractivity contribution < 1.29 is 13.2 Å². The fraction of sp³-hybridized carbons (Fsp3) is 0.154. The molecule has 2 heterocycles. The average molecular weight is 328 g/mol. The molecule has 0 radical (unpaired) electrons. The van der Waals surface area contributed by atoms with Crippen molar-refractivity contribution >= 4 is 28.6 Å². The van der Waals surface area contributed by atoms with Gasteiger partial charge in [-0.2, -0.15) is 23.3 Å². The number of aromatic nitrogens is 4. The molecule has 0 saturated heterocycles. The minimum atomic E-state index is -4.49. The second-order valence-electron chi connectivity index (χ2n) is 4.66. The predicted octanol–water partition coefficient (Wildman–Crippen LogP) is 3.28. The Morgan fingerprint density at radius 2 is 1.95 bits per heavy atom. The molecule has 0 atom stereocenters. The van der Waals surface area contributed by atoms with Crippen LogP contribution in [0.3, 0.4) is 0 Å². The minimum Gasteiger partial charge on any atom is -0.368 e. The number of nitrogens with zero attached hydrogens (tertiary/aromatic N) is 4. The van der Waals surface area contributed by atoms with Gasteiger partial charge in [0, 0.05) is 23.8 Å². The lowest BCUT2D eigenvalue weighted by atomic mass is 10.1. The molecule has 2 N–H and O–H groups in total. The van der Waals surface area contributed by atoms with Gasteiger partial charge in [-0.15, -0.1) is 0 Å². The summed E-state index contributed by atoms with van der Waals surface area (Å²) in [6, 6.07) is 3.27. The van der Waals surface area contributed by atoms with E-state index in [1.807, 2.05) is 0 Å². The lowest BCUT2D eigenvalue weighted by Gasteiger charge is -2.09. The van der Waals surface area contributed by atoms with Crippen molar-refractivity contribution in [3.8, 4) is 11.3 Å². The van der Waals surface area contributed by atoms with Crippen molar-refractivity contribution in [1.82, 2.24) is 19.7 Å². The van der Waals surface area contributed by atoms with Crippen LogP contribution in [-0.2, 0) is 13.2 Å². The summed E-state index contributed by atoms with van der Waals surface area (Å²) < 4.78 is 40.2. The molecule has 0 amide bonds. The van der Waals surface area contributed by atoms with Crippen molar-refractivity contribution in [2.24, 2.45) is 7.05 Å². The lowest BCUT2D eigenvalue weighted by molar-refractivity contribution is -0.137. The summed E-state index contributed by atoms with van der Waals surface area (Å²) in [6.45, 7) is 0. The number of halogens is 4. The van der Waals surface area contributed by atoms with Gasteiger partial charge in [-0.1, -0.05) is 11.6 Å². The third kappa shape index (κ3) is 2.45. The zero-order valence-electron chi connectivity index (χ0n) is 11.2. The van der Waals surface area contributed by atoms with Crippen LogP contribution in [0.4, 0.5) is 19.1 Å². The van der Waals surface area contributed by atoms with Gasteiger partial charge in [-0.25, -0.2) is 9.67 Å². The Labute approximate surface area is 127 Å². The maximum atomic E-state index is 12.9. The standard InChI is InChI=1S/C13H9ClF3N5/c1-22-11-9(5-19-12(18)20-11)10(21-22)6-2-7(13(15,16)17)4-8(14)3-6/h2-5H,1H3,(H2,18,19,20). The molecule has 22 heavy (non-hydrogen) atoms. The highest BCUT2D eigenvalue weighted by Gasteiger charge is 2.31. The van der Waals surface area contributed by atoms with Gasteiger partial charge in [-0.3, -0.25) is 0 Å². The molecule has 0 saturated carbocycles. The summed E-state index contributed by atoms with van der Waals surface area (Å²) in [5.74, 6) is 0.0594. The Morgan fingerprint density at radius 3 is 2.64 bits per heavy atom. The Bertz CT molecular complexity index is 872. The average Bonchev–Trinajstić information content (AvgIpc) is 2.74. The number of nitrogen functional groups attached to an aromatic ring is 1. The van der Waals surface area contributed by atoms with Crippen molar-refractivity contribution in [1.29, 1.82) is 0 Å². The van der Waals surface area contributed by atoms with Crippen LogP contribution < -0.4 is 5.73 Å². The summed E-state index contributed by atoms with van der Waals surface area (Å²) in [4.78, 5) is 7.89. The number of nitrogens with two attached hydrogens (primary N) is 1. The van der Waals surface area contributed by atoms with E-state index in [1.54, 1.807) is 7.05 Å². The van der Waals surface area contributed by atoms with Crippen molar-refractivity contribution in [3.05, 3.63) is 35.0 Å². The third-order valence-corrected chi connectivity index (χ3v) is 3.32. The van der Waals surface area contributed by atoms with Gasteiger partial charge in [0.25, 0.3) is 0 Å². The van der Waals surface area contributed by atoms with Crippen LogP contribution >= 0.6 is 11.6 Å². The zero-order chi connectivity index (χ0) is 16.1. The van der Waals surface area contributed by atoms with Crippen LogP contribution in [0.15, 0.2) is 24.4 Å². The van der Waals surface area contributed by atoms with Gasteiger partial charge < -0.3 is 5.73 Å². The number of hydrogen-bond acceptors (Lipinski definition) is 4. The van der Waals surface area contributed by atoms with Gasteiger partial charge in [0.2, 0.25) is 5.95 Å². The van der Waals surface area contributed by atoms with Crippen LogP contribution in [0.25, 0.3) is 22.3 Å². The highest BCUT2D eigenvalue weighted by Crippen LogP contribution is 2.36. The molecule has 3 rings (SSSR count). The first kappa shape index (κ1) is 14.6. The van der Waals surface area contributed by atoms with Crippen molar-refractivity contribution in [3.63, 3.8) is 0 Å². The normalized spacial score (nSPS) is 12.0. The fourth-order valence-corrected chi connectivity index (χ4v) is 2.39. The second kappa shape index (κ2) is 4.84. The molecule has 9 heteroatoms. The van der Waals surface area contributed by atoms with E-state index in [2.05, 4.69) is 15.1 Å². The largest absolute Gasteiger partial charge is 0.416 e. The number of rotatable bonds is 1. The van der Waals surface area contributed by atoms with Crippen LogP contribution in [0, 0.1) is 0 Å². The Kier molecular flexibility index (Phi) is 3.21. The van der Waals surface area contributed by atoms with Gasteiger partial charge in [0.05, 0.1) is 10.9 Å². The van der Waals surface area contributed by atoms with Gasteiger partial charge in [-0.05, 0) is 18.2 Å². The highest BCUT2D eigenvalue weighted by molar-refractivity contribution is 6.31. The summed E-state index contributed by atoms with van der Waals surface area (Å²) in [6.07, 6.45) is -3.07. The van der Waals surface area contributed by atoms with E-state index < -0.39 is 11.7 Å². The number of benzene rings is 1. The summed E-state index contributed by atoms with van der Waals surface area (Å²) in [5, 5.41) is 4.66. The summed E-state index contributed by atoms with van der Waals surface area (Å²) in [5.41, 5.74) is 5.64. The van der Waals surface area contributed by atoms with Gasteiger partial charge in [0.1, 0.15) is 5.69 Å². The third-order valence-electron chi connectivity index (χ3n) is 3.10. The van der Waals surface area contributed by atoms with Crippen LogP contribution in [0.5, 0.6) is 0 Å². The predicted molar refractivity (Wildman–Crippen MR) is 76.2 cm³/mol. The SMILES string of the molecule is Cn1nc(-c2cc(Cl)cc(C(F)(F)F)c2)c2cnc(N)nc21. The van der Waals surface area contributed by atoms with E-state index in [9.17, 15) is 13.2 Å². The molecule has 0 fully saturated rings. The molecule has 3 aromatic rings.